The second-order valence-electron chi connectivity index (χ2n) is 2.99. The molecule has 2 heterocycles. The van der Waals surface area contributed by atoms with Crippen LogP contribution in [0.15, 0.2) is 30.6 Å². The third kappa shape index (κ3) is 2.15. The van der Waals surface area contributed by atoms with Crippen LogP contribution in [0.25, 0.3) is 0 Å². The van der Waals surface area contributed by atoms with Crippen LogP contribution in [-0.2, 0) is 0 Å². The van der Waals surface area contributed by atoms with Crippen LogP contribution in [0.5, 0.6) is 0 Å². The van der Waals surface area contributed by atoms with Crippen LogP contribution in [0, 0.1) is 0 Å². The average molecular weight is 307 g/mol. The van der Waals surface area contributed by atoms with E-state index < -0.39 is 0 Å². The maximum atomic E-state index is 4.23. The highest BCUT2D eigenvalue weighted by Gasteiger charge is 2.24. The molecule has 3 nitrogen and oxygen atoms in total. The lowest BCUT2D eigenvalue weighted by atomic mass is 10.3. The highest BCUT2D eigenvalue weighted by Crippen LogP contribution is 2.20. The van der Waals surface area contributed by atoms with E-state index in [0.29, 0.717) is 0 Å². The number of allylic oxidation sites excluding steroid dienone is 2. The number of hydrogen-bond donors (Lipinski definition) is 0. The molecule has 1 unspecified atom stereocenters. The van der Waals surface area contributed by atoms with E-state index in [1.165, 1.54) is 11.7 Å². The second-order valence-corrected chi connectivity index (χ2v) is 3.54. The Morgan fingerprint density at radius 2 is 2.31 bits per heavy atom. The number of aromatic nitrogens is 2. The van der Waals surface area contributed by atoms with Crippen LogP contribution in [0.1, 0.15) is 0 Å². The minimum Gasteiger partial charge on any atom is -1.00 e. The summed E-state index contributed by atoms with van der Waals surface area (Å²) in [4.78, 5) is 0. The van der Waals surface area contributed by atoms with Crippen molar-refractivity contribution in [3.8, 4) is 0 Å². The van der Waals surface area contributed by atoms with E-state index in [1.807, 2.05) is 12.3 Å². The Morgan fingerprint density at radius 1 is 1.46 bits per heavy atom. The SMILES string of the molecule is C[N+]1(c2cnsn2)C=CC=CC1.[I-]. The van der Waals surface area contributed by atoms with Crippen molar-refractivity contribution in [3.05, 3.63) is 30.6 Å². The van der Waals surface area contributed by atoms with E-state index in [0.717, 1.165) is 16.8 Å². The summed E-state index contributed by atoms with van der Waals surface area (Å²) in [6.07, 6.45) is 10.2. The summed E-state index contributed by atoms with van der Waals surface area (Å²) in [7, 11) is 2.12. The molecule has 13 heavy (non-hydrogen) atoms. The van der Waals surface area contributed by atoms with Crippen LogP contribution in [0.4, 0.5) is 5.82 Å². The highest BCUT2D eigenvalue weighted by atomic mass is 127. The van der Waals surface area contributed by atoms with Gasteiger partial charge in [-0.2, -0.15) is 4.37 Å². The molecule has 0 N–H and O–H groups in total. The largest absolute Gasteiger partial charge is 1.00 e. The number of halogens is 1. The first kappa shape index (κ1) is 10.8. The number of nitrogens with zero attached hydrogens (tertiary/aromatic N) is 3. The van der Waals surface area contributed by atoms with Gasteiger partial charge in [-0.15, -0.1) is 4.37 Å². The van der Waals surface area contributed by atoms with Crippen LogP contribution >= 0.6 is 11.7 Å². The Hall–Kier alpha value is -0.270. The normalized spacial score (nSPS) is 25.6. The fourth-order valence-electron chi connectivity index (χ4n) is 1.21. The van der Waals surface area contributed by atoms with Gasteiger partial charge in [0.05, 0.1) is 18.8 Å². The zero-order valence-corrected chi connectivity index (χ0v) is 10.2. The summed E-state index contributed by atoms with van der Waals surface area (Å²) >= 11 is 1.26. The Bertz CT molecular complexity index is 320. The van der Waals surface area contributed by atoms with Gasteiger partial charge in [0.1, 0.15) is 18.9 Å². The topological polar surface area (TPSA) is 25.8 Å². The van der Waals surface area contributed by atoms with Crippen molar-refractivity contribution in [2.45, 2.75) is 0 Å². The molecule has 0 fully saturated rings. The number of rotatable bonds is 1. The fourth-order valence-corrected chi connectivity index (χ4v) is 1.72. The molecule has 0 saturated carbocycles. The van der Waals surface area contributed by atoms with E-state index in [9.17, 15) is 0 Å². The van der Waals surface area contributed by atoms with Gasteiger partial charge in [0.25, 0.3) is 5.82 Å². The first-order chi connectivity index (χ1) is 5.81. The van der Waals surface area contributed by atoms with Gasteiger partial charge < -0.3 is 24.0 Å². The van der Waals surface area contributed by atoms with Crippen molar-refractivity contribution in [2.24, 2.45) is 0 Å². The van der Waals surface area contributed by atoms with E-state index in [1.54, 1.807) is 0 Å². The van der Waals surface area contributed by atoms with Crippen molar-refractivity contribution in [1.82, 2.24) is 13.2 Å². The lowest BCUT2D eigenvalue weighted by Crippen LogP contribution is -3.00. The third-order valence-electron chi connectivity index (χ3n) is 2.02. The van der Waals surface area contributed by atoms with Gasteiger partial charge in [-0.3, -0.25) is 0 Å². The van der Waals surface area contributed by atoms with Gasteiger partial charge in [-0.1, -0.05) is 6.08 Å². The minimum atomic E-state index is 0. The quantitative estimate of drug-likeness (QED) is 0.469. The second kappa shape index (κ2) is 4.30. The van der Waals surface area contributed by atoms with Crippen LogP contribution in [0.3, 0.4) is 0 Å². The molecule has 0 spiro atoms. The highest BCUT2D eigenvalue weighted by molar-refractivity contribution is 6.99. The number of quaternary nitrogens is 1. The predicted octanol–water partition coefficient (Wildman–Crippen LogP) is -1.44. The molecule has 5 heteroatoms. The molecule has 70 valence electrons. The van der Waals surface area contributed by atoms with Crippen molar-refractivity contribution in [2.75, 3.05) is 13.6 Å². The molecule has 0 aliphatic carbocycles. The van der Waals surface area contributed by atoms with E-state index in [-0.39, 0.29) is 24.0 Å². The molecule has 0 bridgehead atoms. The molecule has 0 aromatic carbocycles. The van der Waals surface area contributed by atoms with Crippen molar-refractivity contribution in [1.29, 1.82) is 0 Å². The first-order valence-corrected chi connectivity index (χ1v) is 4.52. The minimum absolute atomic E-state index is 0. The fraction of sp³-hybridized carbons (Fsp3) is 0.250. The molecule has 0 saturated heterocycles. The number of hydrogen-bond acceptors (Lipinski definition) is 3. The number of likely N-dealkylation sites (N-methyl/N-ethyl adjacent to an activating group) is 1. The lowest BCUT2D eigenvalue weighted by Gasteiger charge is -2.26. The first-order valence-electron chi connectivity index (χ1n) is 3.79. The summed E-state index contributed by atoms with van der Waals surface area (Å²) < 4.78 is 8.96. The van der Waals surface area contributed by atoms with Gasteiger partial charge in [0.2, 0.25) is 0 Å². The lowest BCUT2D eigenvalue weighted by molar-refractivity contribution is -0.00000257. The Labute approximate surface area is 98.7 Å². The monoisotopic (exact) mass is 307 g/mol. The molecule has 1 aromatic rings. The standard InChI is InChI=1S/C8H10N3S.HI/c1-11(5-3-2-4-6-11)8-7-9-12-10-8;/h2-5,7H,6H2,1H3;1H/q+1;/p-1. The Kier molecular flexibility index (Phi) is 3.57. The van der Waals surface area contributed by atoms with Crippen molar-refractivity contribution >= 4 is 17.5 Å². The van der Waals surface area contributed by atoms with Gasteiger partial charge in [0, 0.05) is 0 Å². The van der Waals surface area contributed by atoms with Crippen LogP contribution in [0.2, 0.25) is 0 Å². The molecular formula is C8H10IN3S. The zero-order valence-electron chi connectivity index (χ0n) is 7.22. The molecule has 1 atom stereocenters. The Morgan fingerprint density at radius 3 is 2.85 bits per heavy atom. The van der Waals surface area contributed by atoms with Crippen molar-refractivity contribution in [3.63, 3.8) is 0 Å². The predicted molar refractivity (Wildman–Crippen MR) is 50.8 cm³/mol. The average Bonchev–Trinajstić information content (AvgIpc) is 2.58. The van der Waals surface area contributed by atoms with Gasteiger partial charge >= 0.3 is 0 Å². The summed E-state index contributed by atoms with van der Waals surface area (Å²) in [5, 5.41) is 0. The molecule has 0 amide bonds. The van der Waals surface area contributed by atoms with E-state index in [4.69, 9.17) is 0 Å². The third-order valence-corrected chi connectivity index (χ3v) is 2.49. The van der Waals surface area contributed by atoms with Crippen LogP contribution < -0.4 is 28.5 Å². The Balaban J connectivity index is 0.000000845. The summed E-state index contributed by atoms with van der Waals surface area (Å²) in [5.41, 5.74) is 0. The smallest absolute Gasteiger partial charge is 0.264 e. The molecule has 1 aromatic heterocycles. The maximum absolute atomic E-state index is 4.23. The van der Waals surface area contributed by atoms with Gasteiger partial charge in [0.15, 0.2) is 0 Å². The van der Waals surface area contributed by atoms with Gasteiger partial charge in [-0.25, -0.2) is 4.48 Å². The molecule has 2 rings (SSSR count). The molecule has 1 aliphatic rings. The van der Waals surface area contributed by atoms with E-state index in [2.05, 4.69) is 34.1 Å². The summed E-state index contributed by atoms with van der Waals surface area (Å²) in [5.74, 6) is 1.01. The maximum Gasteiger partial charge on any atom is 0.264 e. The van der Waals surface area contributed by atoms with Gasteiger partial charge in [-0.05, 0) is 12.2 Å². The van der Waals surface area contributed by atoms with E-state index >= 15 is 0 Å². The zero-order chi connectivity index (χ0) is 8.44. The van der Waals surface area contributed by atoms with Crippen molar-refractivity contribution < 1.29 is 24.0 Å². The summed E-state index contributed by atoms with van der Waals surface area (Å²) in [6, 6.07) is 0. The summed E-state index contributed by atoms with van der Waals surface area (Å²) in [6.45, 7) is 0.960. The molecule has 0 radical (unpaired) electrons. The van der Waals surface area contributed by atoms with Crippen LogP contribution in [-0.4, -0.2) is 22.3 Å². The molecular weight excluding hydrogens is 297 g/mol. The molecule has 1 aliphatic heterocycles.